The molecule has 0 bridgehead atoms. The quantitative estimate of drug-likeness (QED) is 0.0626. The van der Waals surface area contributed by atoms with Crippen molar-refractivity contribution in [2.75, 3.05) is 36.4 Å². The highest BCUT2D eigenvalue weighted by Crippen LogP contribution is 2.65. The fourth-order valence-corrected chi connectivity index (χ4v) is 10.9. The molecule has 5 aromatic rings. The number of hydrogen-bond acceptors (Lipinski definition) is 12. The Bertz CT molecular complexity index is 2850. The van der Waals surface area contributed by atoms with E-state index in [9.17, 15) is 34.9 Å². The predicted octanol–water partition coefficient (Wildman–Crippen LogP) is 7.93. The second kappa shape index (κ2) is 15.1. The second-order valence-electron chi connectivity index (χ2n) is 16.2. The maximum atomic E-state index is 15.7. The van der Waals surface area contributed by atoms with Gasteiger partial charge in [0.25, 0.3) is 11.8 Å². The van der Waals surface area contributed by atoms with E-state index >= 15 is 9.59 Å². The number of nitrogens with zero attached hydrogens (tertiary/aromatic N) is 5. The van der Waals surface area contributed by atoms with Crippen LogP contribution >= 0.6 is 23.2 Å². The third-order valence-electron chi connectivity index (χ3n) is 13.0. The Labute approximate surface area is 368 Å². The SMILES string of the molecule is COc1ccc([C@@]23C(=O)N(Nc4ccc(Cl)cc4Cl)C(=O)[C@@H]2C[C@@H]2C(=CC[C@@H]4C(=O)N(c5cc([N+](=O)[O-])c(N(C)C)c([N+](=O)[O-])c5)C(=O)[C@@H]42)[C@@H]3c2ccc(O)c3ccccc23)cc1. The number of aromatic hydroxyl groups is 1. The fraction of sp³-hybridized carbons (Fsp3) is 0.244. The zero-order chi connectivity index (χ0) is 44.8. The van der Waals surface area contributed by atoms with Crippen molar-refractivity contribution >= 4 is 86.0 Å². The standard InChI is InChI=1S/C45H36Cl2N6O10/c1-49(2)40-35(52(59)60)19-24(20-36(40)53(61)62)50-41(55)30-14-13-29-31(38(30)43(50)57)21-32-42(56)51(48-34-16-10-23(46)18-33(34)47)44(58)45(32,22-8-11-25(63-3)12-9-22)39(29)28-15-17-37(54)27-7-5-4-6-26(27)28/h4-13,15-20,30-32,38-39,48,54H,14,21H2,1-3H3/t30-,31+,32-,38-,39-,45+/m0/s1. The van der Waals surface area contributed by atoms with Gasteiger partial charge >= 0.3 is 11.4 Å². The van der Waals surface area contributed by atoms with Gasteiger partial charge in [0.2, 0.25) is 11.8 Å². The van der Waals surface area contributed by atoms with E-state index in [1.807, 2.05) is 6.08 Å². The minimum Gasteiger partial charge on any atom is -0.507 e. The number of carbonyl (C=O) groups excluding carboxylic acids is 4. The summed E-state index contributed by atoms with van der Waals surface area (Å²) in [6, 6.07) is 23.6. The molecule has 2 N–H and O–H groups in total. The number of halogens is 2. The van der Waals surface area contributed by atoms with Crippen LogP contribution in [0, 0.1) is 43.9 Å². The van der Waals surface area contributed by atoms with E-state index in [0.29, 0.717) is 38.2 Å². The molecule has 0 unspecified atom stereocenters. The highest BCUT2D eigenvalue weighted by Gasteiger charge is 2.70. The maximum Gasteiger partial charge on any atom is 0.301 e. The summed E-state index contributed by atoms with van der Waals surface area (Å²) in [7, 11) is 4.31. The Morgan fingerprint density at radius 2 is 1.51 bits per heavy atom. The summed E-state index contributed by atoms with van der Waals surface area (Å²) < 4.78 is 5.49. The summed E-state index contributed by atoms with van der Waals surface area (Å²) in [6.45, 7) is 0. The highest BCUT2D eigenvalue weighted by atomic mass is 35.5. The number of nitro groups is 2. The van der Waals surface area contributed by atoms with Gasteiger partial charge in [-0.25, -0.2) is 4.90 Å². The molecule has 18 heteroatoms. The number of rotatable bonds is 9. The molecule has 0 radical (unpaired) electrons. The van der Waals surface area contributed by atoms with E-state index in [4.69, 9.17) is 27.9 Å². The number of ether oxygens (including phenoxy) is 1. The van der Waals surface area contributed by atoms with Crippen LogP contribution in [0.3, 0.4) is 0 Å². The number of fused-ring (bicyclic) bond motifs is 5. The van der Waals surface area contributed by atoms with Crippen LogP contribution in [-0.4, -0.2) is 64.8 Å². The van der Waals surface area contributed by atoms with Crippen LogP contribution in [0.25, 0.3) is 10.8 Å². The molecule has 3 fully saturated rings. The molecule has 5 aromatic carbocycles. The van der Waals surface area contributed by atoms with Gasteiger partial charge in [-0.1, -0.05) is 77.3 Å². The minimum absolute atomic E-state index is 0.00208. The normalized spacial score (nSPS) is 23.9. The van der Waals surface area contributed by atoms with E-state index in [1.165, 1.54) is 44.3 Å². The lowest BCUT2D eigenvalue weighted by Gasteiger charge is -2.51. The Balaban J connectivity index is 1.26. The molecule has 4 aliphatic rings. The number of allylic oxidation sites excluding steroid dienone is 2. The number of nitro benzene ring substituents is 2. The van der Waals surface area contributed by atoms with Crippen LogP contribution in [0.15, 0.2) is 103 Å². The van der Waals surface area contributed by atoms with Crippen LogP contribution in [-0.2, 0) is 24.6 Å². The molecule has 1 saturated carbocycles. The van der Waals surface area contributed by atoms with Crippen molar-refractivity contribution in [2.24, 2.45) is 23.7 Å². The fourth-order valence-electron chi connectivity index (χ4n) is 10.5. The van der Waals surface area contributed by atoms with Crippen LogP contribution in [0.4, 0.5) is 28.4 Å². The molecule has 2 saturated heterocycles. The minimum atomic E-state index is -1.71. The van der Waals surface area contributed by atoms with Crippen LogP contribution in [0.2, 0.25) is 10.0 Å². The number of phenolic OH excluding ortho intramolecular Hbond substituents is 1. The number of nitrogens with one attached hydrogen (secondary N) is 1. The van der Waals surface area contributed by atoms with Gasteiger partial charge < -0.3 is 14.7 Å². The van der Waals surface area contributed by atoms with E-state index < -0.39 is 79.9 Å². The van der Waals surface area contributed by atoms with E-state index in [2.05, 4.69) is 5.43 Å². The summed E-state index contributed by atoms with van der Waals surface area (Å²) >= 11 is 12.8. The number of imide groups is 2. The molecule has 320 valence electrons. The summed E-state index contributed by atoms with van der Waals surface area (Å²) in [5, 5.41) is 38.2. The van der Waals surface area contributed by atoms with Crippen LogP contribution < -0.4 is 20.0 Å². The molecule has 2 aliphatic carbocycles. The average Bonchev–Trinajstić information content (AvgIpc) is 3.64. The van der Waals surface area contributed by atoms with Gasteiger partial charge in [-0.15, -0.1) is 0 Å². The first-order valence-electron chi connectivity index (χ1n) is 19.8. The van der Waals surface area contributed by atoms with Crippen molar-refractivity contribution in [3.05, 3.63) is 144 Å². The molecule has 4 amide bonds. The van der Waals surface area contributed by atoms with Crippen molar-refractivity contribution in [1.82, 2.24) is 5.01 Å². The first-order valence-corrected chi connectivity index (χ1v) is 20.5. The number of hydrazine groups is 1. The number of carbonyl (C=O) groups is 4. The molecule has 2 aliphatic heterocycles. The van der Waals surface area contributed by atoms with Crippen LogP contribution in [0.5, 0.6) is 11.5 Å². The van der Waals surface area contributed by atoms with Gasteiger partial charge in [0.15, 0.2) is 5.69 Å². The number of hydrogen-bond donors (Lipinski definition) is 2. The van der Waals surface area contributed by atoms with Gasteiger partial charge in [-0.2, -0.15) is 5.01 Å². The molecular weight excluding hydrogens is 855 g/mol. The van der Waals surface area contributed by atoms with Gasteiger partial charge in [-0.05, 0) is 71.7 Å². The Kier molecular flexibility index (Phi) is 9.90. The third-order valence-corrected chi connectivity index (χ3v) is 13.5. The third kappa shape index (κ3) is 6.10. The lowest BCUT2D eigenvalue weighted by Crippen LogP contribution is -2.53. The summed E-state index contributed by atoms with van der Waals surface area (Å²) in [5.74, 6) is -7.48. The van der Waals surface area contributed by atoms with Crippen molar-refractivity contribution in [1.29, 1.82) is 0 Å². The number of benzene rings is 5. The van der Waals surface area contributed by atoms with Crippen molar-refractivity contribution in [2.45, 2.75) is 24.2 Å². The van der Waals surface area contributed by atoms with E-state index in [-0.39, 0.29) is 40.7 Å². The Hall–Kier alpha value is -7.04. The molecule has 0 aromatic heterocycles. The van der Waals surface area contributed by atoms with E-state index in [0.717, 1.165) is 22.0 Å². The van der Waals surface area contributed by atoms with Gasteiger partial charge in [0.1, 0.15) is 11.5 Å². The maximum absolute atomic E-state index is 15.7. The van der Waals surface area contributed by atoms with Gasteiger partial charge in [0.05, 0.1) is 56.5 Å². The lowest BCUT2D eigenvalue weighted by molar-refractivity contribution is -0.392. The van der Waals surface area contributed by atoms with Gasteiger partial charge in [-0.3, -0.25) is 44.8 Å². The highest BCUT2D eigenvalue weighted by molar-refractivity contribution is 6.36. The number of phenols is 1. The first-order chi connectivity index (χ1) is 30.1. The average molecular weight is 892 g/mol. The predicted molar refractivity (Wildman–Crippen MR) is 233 cm³/mol. The number of methoxy groups -OCH3 is 1. The molecule has 63 heavy (non-hydrogen) atoms. The Morgan fingerprint density at radius 1 is 0.841 bits per heavy atom. The largest absolute Gasteiger partial charge is 0.507 e. The van der Waals surface area contributed by atoms with Gasteiger partial charge in [0, 0.05) is 42.6 Å². The summed E-state index contributed by atoms with van der Waals surface area (Å²) in [6.07, 6.45) is 1.73. The van der Waals surface area contributed by atoms with Crippen molar-refractivity contribution < 1.29 is 38.9 Å². The van der Waals surface area contributed by atoms with Crippen molar-refractivity contribution in [3.8, 4) is 11.5 Å². The molecule has 0 spiro atoms. The molecule has 6 atom stereocenters. The monoisotopic (exact) mass is 890 g/mol. The zero-order valence-corrected chi connectivity index (χ0v) is 35.2. The summed E-state index contributed by atoms with van der Waals surface area (Å²) in [5.41, 5.74) is 1.06. The van der Waals surface area contributed by atoms with E-state index in [1.54, 1.807) is 60.7 Å². The topological polar surface area (TPSA) is 206 Å². The summed E-state index contributed by atoms with van der Waals surface area (Å²) in [4.78, 5) is 85.5. The molecule has 16 nitrogen and oxygen atoms in total. The molecular formula is C45H36Cl2N6O10. The molecule has 9 rings (SSSR count). The smallest absolute Gasteiger partial charge is 0.301 e. The molecule has 2 heterocycles. The second-order valence-corrected chi connectivity index (χ2v) is 17.0. The lowest BCUT2D eigenvalue weighted by atomic mass is 9.49. The zero-order valence-electron chi connectivity index (χ0n) is 33.7. The number of anilines is 3. The number of amides is 4. The van der Waals surface area contributed by atoms with Crippen molar-refractivity contribution in [3.63, 3.8) is 0 Å². The first kappa shape index (κ1) is 41.3. The Morgan fingerprint density at radius 3 is 2.13 bits per heavy atom. The van der Waals surface area contributed by atoms with Crippen LogP contribution in [0.1, 0.15) is 29.9 Å².